The van der Waals surface area contributed by atoms with Gasteiger partial charge in [-0.05, 0) is 25.1 Å². The molecule has 1 N–H and O–H groups in total. The highest BCUT2D eigenvalue weighted by Crippen LogP contribution is 2.26. The molecule has 5 nitrogen and oxygen atoms in total. The monoisotopic (exact) mass is 315 g/mol. The fraction of sp³-hybridized carbons (Fsp3) is 0.278. The number of nitrogens with one attached hydrogen (secondary N) is 1. The molecule has 0 aliphatic heterocycles. The summed E-state index contributed by atoms with van der Waals surface area (Å²) in [5.74, 6) is 1.67. The molecule has 122 valence electrons. The van der Waals surface area contributed by atoms with Crippen molar-refractivity contribution in [2.75, 3.05) is 21.3 Å². The van der Waals surface area contributed by atoms with Crippen molar-refractivity contribution >= 4 is 5.91 Å². The minimum absolute atomic E-state index is 0.198. The summed E-state index contributed by atoms with van der Waals surface area (Å²) in [6.45, 7) is 1.91. The average Bonchev–Trinajstić information content (AvgIpc) is 2.60. The summed E-state index contributed by atoms with van der Waals surface area (Å²) in [4.78, 5) is 12.5. The molecule has 23 heavy (non-hydrogen) atoms. The van der Waals surface area contributed by atoms with Gasteiger partial charge in [-0.15, -0.1) is 0 Å². The molecule has 0 aliphatic rings. The molecule has 0 spiro atoms. The minimum Gasteiger partial charge on any atom is -0.497 e. The molecule has 1 amide bonds. The van der Waals surface area contributed by atoms with Gasteiger partial charge in [-0.25, -0.2) is 0 Å². The van der Waals surface area contributed by atoms with E-state index < -0.39 is 0 Å². The van der Waals surface area contributed by atoms with E-state index in [1.54, 1.807) is 39.5 Å². The van der Waals surface area contributed by atoms with E-state index in [0.29, 0.717) is 17.1 Å². The molecule has 2 aromatic carbocycles. The van der Waals surface area contributed by atoms with Crippen molar-refractivity contribution in [1.29, 1.82) is 0 Å². The summed E-state index contributed by atoms with van der Waals surface area (Å²) >= 11 is 0. The third-order valence-electron chi connectivity index (χ3n) is 3.57. The zero-order valence-corrected chi connectivity index (χ0v) is 13.8. The third-order valence-corrected chi connectivity index (χ3v) is 3.57. The maximum atomic E-state index is 12.5. The zero-order chi connectivity index (χ0) is 16.8. The van der Waals surface area contributed by atoms with Crippen molar-refractivity contribution in [3.05, 3.63) is 53.6 Å². The number of hydrogen-bond donors (Lipinski definition) is 1. The number of benzene rings is 2. The van der Waals surface area contributed by atoms with Crippen LogP contribution in [0.25, 0.3) is 0 Å². The number of carbonyl (C=O) groups excluding carboxylic acids is 1. The zero-order valence-electron chi connectivity index (χ0n) is 13.8. The van der Waals surface area contributed by atoms with Crippen molar-refractivity contribution < 1.29 is 19.0 Å². The smallest absolute Gasteiger partial charge is 0.252 e. The van der Waals surface area contributed by atoms with Gasteiger partial charge in [0, 0.05) is 17.2 Å². The molecule has 0 saturated carbocycles. The van der Waals surface area contributed by atoms with Gasteiger partial charge < -0.3 is 19.5 Å². The van der Waals surface area contributed by atoms with E-state index in [2.05, 4.69) is 5.32 Å². The van der Waals surface area contributed by atoms with Gasteiger partial charge in [0.15, 0.2) is 0 Å². The largest absolute Gasteiger partial charge is 0.497 e. The Morgan fingerprint density at radius 2 is 1.57 bits per heavy atom. The predicted molar refractivity (Wildman–Crippen MR) is 88.4 cm³/mol. The maximum Gasteiger partial charge on any atom is 0.252 e. The van der Waals surface area contributed by atoms with Crippen molar-refractivity contribution in [2.45, 2.75) is 13.0 Å². The van der Waals surface area contributed by atoms with Crippen LogP contribution in [-0.2, 0) is 0 Å². The van der Waals surface area contributed by atoms with Crippen LogP contribution in [0.1, 0.15) is 28.9 Å². The molecule has 0 heterocycles. The molecule has 0 aromatic heterocycles. The van der Waals surface area contributed by atoms with Crippen LogP contribution in [0.5, 0.6) is 17.2 Å². The third kappa shape index (κ3) is 3.94. The molecule has 0 fully saturated rings. The molecule has 0 saturated heterocycles. The van der Waals surface area contributed by atoms with Gasteiger partial charge >= 0.3 is 0 Å². The van der Waals surface area contributed by atoms with Gasteiger partial charge in [0.1, 0.15) is 17.2 Å². The lowest BCUT2D eigenvalue weighted by atomic mass is 10.1. The second-order valence-corrected chi connectivity index (χ2v) is 5.04. The first-order valence-electron chi connectivity index (χ1n) is 7.26. The lowest BCUT2D eigenvalue weighted by Crippen LogP contribution is -2.27. The summed E-state index contributed by atoms with van der Waals surface area (Å²) in [6, 6.07) is 12.5. The Kier molecular flexibility index (Phi) is 5.46. The molecule has 1 atom stereocenters. The summed E-state index contributed by atoms with van der Waals surface area (Å²) in [5, 5.41) is 2.96. The van der Waals surface area contributed by atoms with E-state index in [-0.39, 0.29) is 11.9 Å². The van der Waals surface area contributed by atoms with Crippen LogP contribution in [0.3, 0.4) is 0 Å². The molecular formula is C18H21NO4. The summed E-state index contributed by atoms with van der Waals surface area (Å²) < 4.78 is 15.7. The van der Waals surface area contributed by atoms with Crippen molar-refractivity contribution in [2.24, 2.45) is 0 Å². The molecule has 0 radical (unpaired) electrons. The van der Waals surface area contributed by atoms with E-state index in [9.17, 15) is 4.79 Å². The van der Waals surface area contributed by atoms with Crippen molar-refractivity contribution in [1.82, 2.24) is 5.32 Å². The Morgan fingerprint density at radius 1 is 0.957 bits per heavy atom. The molecule has 0 bridgehead atoms. The van der Waals surface area contributed by atoms with E-state index >= 15 is 0 Å². The fourth-order valence-corrected chi connectivity index (χ4v) is 2.32. The first-order chi connectivity index (χ1) is 11.1. The average molecular weight is 315 g/mol. The Morgan fingerprint density at radius 3 is 2.13 bits per heavy atom. The van der Waals surface area contributed by atoms with Gasteiger partial charge in [0.05, 0.1) is 27.4 Å². The van der Waals surface area contributed by atoms with Crippen LogP contribution in [0.15, 0.2) is 42.5 Å². The predicted octanol–water partition coefficient (Wildman–Crippen LogP) is 3.20. The van der Waals surface area contributed by atoms with E-state index in [1.165, 1.54) is 0 Å². The van der Waals surface area contributed by atoms with Gasteiger partial charge in [0.2, 0.25) is 0 Å². The SMILES string of the molecule is COc1cc(OC)cc(C(=O)NC(C)c2ccccc2OC)c1. The van der Waals surface area contributed by atoms with Crippen LogP contribution in [0.2, 0.25) is 0 Å². The standard InChI is InChI=1S/C18H21NO4/c1-12(16-7-5-6-8-17(16)23-4)19-18(20)13-9-14(21-2)11-15(10-13)22-3/h5-12H,1-4H3,(H,19,20). The van der Waals surface area contributed by atoms with E-state index in [0.717, 1.165) is 11.3 Å². The van der Waals surface area contributed by atoms with E-state index in [4.69, 9.17) is 14.2 Å². The second kappa shape index (κ2) is 7.54. The van der Waals surface area contributed by atoms with Crippen LogP contribution in [-0.4, -0.2) is 27.2 Å². The minimum atomic E-state index is -0.208. The number of amides is 1. The normalized spacial score (nSPS) is 11.5. The fourth-order valence-electron chi connectivity index (χ4n) is 2.32. The topological polar surface area (TPSA) is 56.8 Å². The lowest BCUT2D eigenvalue weighted by molar-refractivity contribution is 0.0939. The molecule has 2 aromatic rings. The number of carbonyl (C=O) groups is 1. The Bertz CT molecular complexity index is 662. The maximum absolute atomic E-state index is 12.5. The van der Waals surface area contributed by atoms with Gasteiger partial charge in [-0.3, -0.25) is 4.79 Å². The molecular weight excluding hydrogens is 294 g/mol. The Balaban J connectivity index is 2.21. The first-order valence-corrected chi connectivity index (χ1v) is 7.26. The van der Waals surface area contributed by atoms with Gasteiger partial charge in [-0.1, -0.05) is 18.2 Å². The van der Waals surface area contributed by atoms with E-state index in [1.807, 2.05) is 31.2 Å². The van der Waals surface area contributed by atoms with Gasteiger partial charge in [0.25, 0.3) is 5.91 Å². The molecule has 2 rings (SSSR count). The summed E-state index contributed by atoms with van der Waals surface area (Å²) in [6.07, 6.45) is 0. The second-order valence-electron chi connectivity index (χ2n) is 5.04. The van der Waals surface area contributed by atoms with Crippen LogP contribution in [0, 0.1) is 0 Å². The number of para-hydroxylation sites is 1. The van der Waals surface area contributed by atoms with Crippen LogP contribution >= 0.6 is 0 Å². The lowest BCUT2D eigenvalue weighted by Gasteiger charge is -2.17. The Labute approximate surface area is 136 Å². The number of rotatable bonds is 6. The highest BCUT2D eigenvalue weighted by molar-refractivity contribution is 5.95. The number of methoxy groups -OCH3 is 3. The summed E-state index contributed by atoms with van der Waals surface area (Å²) in [5.41, 5.74) is 1.39. The van der Waals surface area contributed by atoms with Crippen molar-refractivity contribution in [3.8, 4) is 17.2 Å². The molecule has 0 aliphatic carbocycles. The molecule has 1 unspecified atom stereocenters. The number of ether oxygens (including phenoxy) is 3. The van der Waals surface area contributed by atoms with Crippen LogP contribution < -0.4 is 19.5 Å². The van der Waals surface area contributed by atoms with Crippen LogP contribution in [0.4, 0.5) is 0 Å². The number of hydrogen-bond acceptors (Lipinski definition) is 4. The van der Waals surface area contributed by atoms with Crippen molar-refractivity contribution in [3.63, 3.8) is 0 Å². The molecule has 5 heteroatoms. The quantitative estimate of drug-likeness (QED) is 0.889. The summed E-state index contributed by atoms with van der Waals surface area (Å²) in [7, 11) is 4.71. The van der Waals surface area contributed by atoms with Gasteiger partial charge in [-0.2, -0.15) is 0 Å². The highest BCUT2D eigenvalue weighted by Gasteiger charge is 2.16. The Hall–Kier alpha value is -2.69. The highest BCUT2D eigenvalue weighted by atomic mass is 16.5. The first kappa shape index (κ1) is 16.7.